The standard InChI is InChI=1S/C15H20N2O3S/c1-11-9-12(10-16)7-8-15(11)21(19,20)17-13-5-3-2-4-6-14(13)18/h7-9,13-14,17-18H,2-6H2,1H3. The van der Waals surface area contributed by atoms with E-state index in [0.29, 0.717) is 24.0 Å². The summed E-state index contributed by atoms with van der Waals surface area (Å²) in [5.41, 5.74) is 0.964. The van der Waals surface area contributed by atoms with Crippen molar-refractivity contribution in [3.8, 4) is 6.07 Å². The average Bonchev–Trinajstić information content (AvgIpc) is 2.63. The number of nitrogens with zero attached hydrogens (tertiary/aromatic N) is 1. The van der Waals surface area contributed by atoms with Crippen molar-refractivity contribution in [1.29, 1.82) is 5.26 Å². The highest BCUT2D eigenvalue weighted by atomic mass is 32.2. The first-order valence-electron chi connectivity index (χ1n) is 7.15. The van der Waals surface area contributed by atoms with Gasteiger partial charge in [-0.05, 0) is 43.5 Å². The molecule has 2 unspecified atom stereocenters. The quantitative estimate of drug-likeness (QED) is 0.834. The largest absolute Gasteiger partial charge is 0.391 e. The lowest BCUT2D eigenvalue weighted by molar-refractivity contribution is 0.130. The van der Waals surface area contributed by atoms with Crippen LogP contribution in [0.1, 0.15) is 43.2 Å². The summed E-state index contributed by atoms with van der Waals surface area (Å²) in [6.45, 7) is 1.67. The Bertz CT molecular complexity index is 649. The summed E-state index contributed by atoms with van der Waals surface area (Å²) in [7, 11) is -3.68. The zero-order valence-corrected chi connectivity index (χ0v) is 12.9. The summed E-state index contributed by atoms with van der Waals surface area (Å²) in [6.07, 6.45) is 3.49. The molecule has 0 heterocycles. The van der Waals surface area contributed by atoms with Gasteiger partial charge in [-0.15, -0.1) is 0 Å². The molecule has 0 spiro atoms. The third-order valence-corrected chi connectivity index (χ3v) is 5.53. The SMILES string of the molecule is Cc1cc(C#N)ccc1S(=O)(=O)NC1CCCCCC1O. The van der Waals surface area contributed by atoms with Gasteiger partial charge in [-0.3, -0.25) is 0 Å². The molecule has 1 aromatic rings. The Hall–Kier alpha value is -1.42. The Labute approximate surface area is 125 Å². The van der Waals surface area contributed by atoms with Gasteiger partial charge < -0.3 is 5.11 Å². The second-order valence-electron chi connectivity index (χ2n) is 5.53. The molecule has 1 aliphatic carbocycles. The molecule has 2 rings (SSSR count). The Balaban J connectivity index is 2.24. The van der Waals surface area contributed by atoms with Gasteiger partial charge in [0.15, 0.2) is 0 Å². The summed E-state index contributed by atoms with van der Waals surface area (Å²) in [5, 5.41) is 18.9. The Morgan fingerprint density at radius 2 is 2.00 bits per heavy atom. The zero-order valence-electron chi connectivity index (χ0n) is 12.0. The van der Waals surface area contributed by atoms with Gasteiger partial charge in [0.1, 0.15) is 0 Å². The summed E-state index contributed by atoms with van der Waals surface area (Å²) in [6, 6.07) is 6.04. The van der Waals surface area contributed by atoms with Crippen LogP contribution in [0, 0.1) is 18.3 Å². The van der Waals surface area contributed by atoms with Crippen LogP contribution in [0.25, 0.3) is 0 Å². The van der Waals surface area contributed by atoms with Gasteiger partial charge in [0.05, 0.1) is 22.6 Å². The van der Waals surface area contributed by atoms with Gasteiger partial charge in [-0.25, -0.2) is 13.1 Å². The highest BCUT2D eigenvalue weighted by Gasteiger charge is 2.27. The van der Waals surface area contributed by atoms with Crippen LogP contribution in [0.4, 0.5) is 0 Å². The fraction of sp³-hybridized carbons (Fsp3) is 0.533. The van der Waals surface area contributed by atoms with Crippen molar-refractivity contribution in [2.45, 2.75) is 56.1 Å². The molecule has 0 aliphatic heterocycles. The number of nitrogens with one attached hydrogen (secondary N) is 1. The van der Waals surface area contributed by atoms with E-state index in [2.05, 4.69) is 4.72 Å². The lowest BCUT2D eigenvalue weighted by atomic mass is 10.1. The molecular weight excluding hydrogens is 288 g/mol. The van der Waals surface area contributed by atoms with Crippen molar-refractivity contribution in [1.82, 2.24) is 4.72 Å². The maximum absolute atomic E-state index is 12.5. The monoisotopic (exact) mass is 308 g/mol. The van der Waals surface area contributed by atoms with E-state index in [-0.39, 0.29) is 4.90 Å². The van der Waals surface area contributed by atoms with Crippen LogP contribution in [-0.4, -0.2) is 25.7 Å². The number of aliphatic hydroxyl groups is 1. The van der Waals surface area contributed by atoms with Gasteiger partial charge in [0.2, 0.25) is 10.0 Å². The van der Waals surface area contributed by atoms with Crippen molar-refractivity contribution in [3.05, 3.63) is 29.3 Å². The topological polar surface area (TPSA) is 90.2 Å². The first-order chi connectivity index (χ1) is 9.94. The predicted molar refractivity (Wildman–Crippen MR) is 79.1 cm³/mol. The summed E-state index contributed by atoms with van der Waals surface area (Å²) < 4.78 is 27.6. The lowest BCUT2D eigenvalue weighted by Crippen LogP contribution is -2.42. The summed E-state index contributed by atoms with van der Waals surface area (Å²) >= 11 is 0. The number of rotatable bonds is 3. The number of aliphatic hydroxyl groups excluding tert-OH is 1. The van der Waals surface area contributed by atoms with E-state index in [0.717, 1.165) is 19.3 Å². The molecule has 1 aromatic carbocycles. The maximum Gasteiger partial charge on any atom is 0.241 e. The van der Waals surface area contributed by atoms with E-state index < -0.39 is 22.2 Å². The molecule has 114 valence electrons. The zero-order chi connectivity index (χ0) is 15.5. The molecule has 0 amide bonds. The van der Waals surface area contributed by atoms with Crippen LogP contribution < -0.4 is 4.72 Å². The molecule has 0 radical (unpaired) electrons. The molecule has 0 aromatic heterocycles. The summed E-state index contributed by atoms with van der Waals surface area (Å²) in [5.74, 6) is 0. The van der Waals surface area contributed by atoms with Crippen molar-refractivity contribution >= 4 is 10.0 Å². The molecule has 1 fully saturated rings. The third-order valence-electron chi connectivity index (χ3n) is 3.88. The van der Waals surface area contributed by atoms with Gasteiger partial charge >= 0.3 is 0 Å². The van der Waals surface area contributed by atoms with Crippen LogP contribution >= 0.6 is 0 Å². The smallest absolute Gasteiger partial charge is 0.241 e. The molecule has 21 heavy (non-hydrogen) atoms. The maximum atomic E-state index is 12.5. The lowest BCUT2D eigenvalue weighted by Gasteiger charge is -2.22. The molecule has 1 saturated carbocycles. The van der Waals surface area contributed by atoms with Crippen LogP contribution in [0.5, 0.6) is 0 Å². The molecule has 5 nitrogen and oxygen atoms in total. The average molecular weight is 308 g/mol. The van der Waals surface area contributed by atoms with E-state index >= 15 is 0 Å². The molecule has 0 bridgehead atoms. The first kappa shape index (κ1) is 16.0. The second-order valence-corrected chi connectivity index (χ2v) is 7.21. The van der Waals surface area contributed by atoms with Gasteiger partial charge in [-0.2, -0.15) is 5.26 Å². The minimum Gasteiger partial charge on any atom is -0.391 e. The van der Waals surface area contributed by atoms with Crippen LogP contribution in [0.15, 0.2) is 23.1 Å². The number of benzene rings is 1. The fourth-order valence-electron chi connectivity index (χ4n) is 2.71. The highest BCUT2D eigenvalue weighted by molar-refractivity contribution is 7.89. The molecule has 6 heteroatoms. The second kappa shape index (κ2) is 6.56. The van der Waals surface area contributed by atoms with E-state index in [1.165, 1.54) is 12.1 Å². The molecule has 2 atom stereocenters. The molecule has 2 N–H and O–H groups in total. The number of hydrogen-bond acceptors (Lipinski definition) is 4. The van der Waals surface area contributed by atoms with Gasteiger partial charge in [0.25, 0.3) is 0 Å². The van der Waals surface area contributed by atoms with E-state index in [1.54, 1.807) is 13.0 Å². The van der Waals surface area contributed by atoms with E-state index in [4.69, 9.17) is 5.26 Å². The highest BCUT2D eigenvalue weighted by Crippen LogP contribution is 2.22. The van der Waals surface area contributed by atoms with Crippen molar-refractivity contribution < 1.29 is 13.5 Å². The number of nitriles is 1. The van der Waals surface area contributed by atoms with E-state index in [1.807, 2.05) is 6.07 Å². The fourth-order valence-corrected chi connectivity index (χ4v) is 4.24. The normalized spacial score (nSPS) is 23.3. The van der Waals surface area contributed by atoms with Crippen molar-refractivity contribution in [2.75, 3.05) is 0 Å². The Morgan fingerprint density at radius 1 is 1.29 bits per heavy atom. The predicted octanol–water partition coefficient (Wildman–Crippen LogP) is 1.84. The van der Waals surface area contributed by atoms with Gasteiger partial charge in [0, 0.05) is 6.04 Å². The number of sulfonamides is 1. The molecule has 1 aliphatic rings. The third kappa shape index (κ3) is 3.82. The minimum absolute atomic E-state index is 0.165. The van der Waals surface area contributed by atoms with Crippen LogP contribution in [0.3, 0.4) is 0 Å². The van der Waals surface area contributed by atoms with Crippen LogP contribution in [-0.2, 0) is 10.0 Å². The van der Waals surface area contributed by atoms with E-state index in [9.17, 15) is 13.5 Å². The molecule has 0 saturated heterocycles. The van der Waals surface area contributed by atoms with Crippen molar-refractivity contribution in [2.24, 2.45) is 0 Å². The summed E-state index contributed by atoms with van der Waals surface area (Å²) in [4.78, 5) is 0.165. The van der Waals surface area contributed by atoms with Crippen molar-refractivity contribution in [3.63, 3.8) is 0 Å². The number of aryl methyl sites for hydroxylation is 1. The number of hydrogen-bond donors (Lipinski definition) is 2. The minimum atomic E-state index is -3.68. The Kier molecular flexibility index (Phi) is 4.99. The van der Waals surface area contributed by atoms with Gasteiger partial charge in [-0.1, -0.05) is 19.3 Å². The molecular formula is C15H20N2O3S. The first-order valence-corrected chi connectivity index (χ1v) is 8.63. The Morgan fingerprint density at radius 3 is 2.67 bits per heavy atom. The van der Waals surface area contributed by atoms with Crippen LogP contribution in [0.2, 0.25) is 0 Å².